The monoisotopic (exact) mass is 356 g/mol. The van der Waals surface area contributed by atoms with Crippen molar-refractivity contribution in [2.45, 2.75) is 51.5 Å². The Morgan fingerprint density at radius 1 is 1.38 bits per heavy atom. The van der Waals surface area contributed by atoms with E-state index in [2.05, 4.69) is 17.3 Å². The number of unbranched alkanes of at least 4 members (excludes halogenated alkanes) is 1. The van der Waals surface area contributed by atoms with Crippen molar-refractivity contribution >= 4 is 11.6 Å². The molecule has 138 valence electrons. The highest BCUT2D eigenvalue weighted by molar-refractivity contribution is 5.92. The average Bonchev–Trinajstić information content (AvgIpc) is 3.29. The normalized spacial score (nSPS) is 19.4. The van der Waals surface area contributed by atoms with Gasteiger partial charge in [-0.3, -0.25) is 14.9 Å². The van der Waals surface area contributed by atoms with Gasteiger partial charge in [0.05, 0.1) is 10.6 Å². The highest BCUT2D eigenvalue weighted by Crippen LogP contribution is 2.30. The Morgan fingerprint density at radius 2 is 2.23 bits per heavy atom. The van der Waals surface area contributed by atoms with Crippen molar-refractivity contribution in [1.82, 2.24) is 15.1 Å². The van der Waals surface area contributed by atoms with Crippen LogP contribution in [0.1, 0.15) is 55.9 Å². The minimum absolute atomic E-state index is 0.00581. The molecule has 2 aromatic rings. The second kappa shape index (κ2) is 8.12. The molecule has 1 amide bonds. The summed E-state index contributed by atoms with van der Waals surface area (Å²) in [7, 11) is 0. The zero-order chi connectivity index (χ0) is 18.5. The fourth-order valence-corrected chi connectivity index (χ4v) is 3.62. The first-order valence-corrected chi connectivity index (χ1v) is 9.20. The Labute approximate surface area is 152 Å². The molecule has 1 aliphatic rings. The largest absolute Gasteiger partial charge is 0.348 e. The van der Waals surface area contributed by atoms with Crippen molar-refractivity contribution in [3.8, 4) is 5.69 Å². The molecule has 1 aromatic heterocycles. The first kappa shape index (κ1) is 18.1. The molecule has 26 heavy (non-hydrogen) atoms. The SMILES string of the molecule is CCCCC1CCCC1NC(=O)c1ccn(-c2cccc([N+](=O)[O-])c2)n1. The first-order valence-electron chi connectivity index (χ1n) is 9.20. The molecule has 0 radical (unpaired) electrons. The lowest BCUT2D eigenvalue weighted by Gasteiger charge is -2.20. The molecule has 1 aliphatic carbocycles. The number of nitrogens with one attached hydrogen (secondary N) is 1. The summed E-state index contributed by atoms with van der Waals surface area (Å²) in [6.45, 7) is 2.18. The van der Waals surface area contributed by atoms with E-state index in [0.29, 0.717) is 17.3 Å². The number of hydrogen-bond donors (Lipinski definition) is 1. The Bertz CT molecular complexity index is 787. The number of nitrogens with zero attached hydrogens (tertiary/aromatic N) is 3. The van der Waals surface area contributed by atoms with Gasteiger partial charge in [-0.05, 0) is 37.3 Å². The number of benzene rings is 1. The number of amides is 1. The number of nitro groups is 1. The molecule has 0 spiro atoms. The summed E-state index contributed by atoms with van der Waals surface area (Å²) >= 11 is 0. The number of non-ortho nitro benzene ring substituents is 1. The third-order valence-corrected chi connectivity index (χ3v) is 5.03. The average molecular weight is 356 g/mol. The lowest BCUT2D eigenvalue weighted by atomic mass is 9.97. The van der Waals surface area contributed by atoms with Crippen LogP contribution >= 0.6 is 0 Å². The van der Waals surface area contributed by atoms with E-state index in [1.54, 1.807) is 24.4 Å². The molecule has 7 heteroatoms. The molecular formula is C19H24N4O3. The Balaban J connectivity index is 1.68. The third kappa shape index (κ3) is 4.09. The summed E-state index contributed by atoms with van der Waals surface area (Å²) < 4.78 is 1.49. The highest BCUT2D eigenvalue weighted by atomic mass is 16.6. The van der Waals surface area contributed by atoms with Gasteiger partial charge in [0.25, 0.3) is 11.6 Å². The first-order chi connectivity index (χ1) is 12.6. The van der Waals surface area contributed by atoms with Crippen molar-refractivity contribution in [3.63, 3.8) is 0 Å². The number of rotatable bonds is 7. The molecule has 1 N–H and O–H groups in total. The van der Waals surface area contributed by atoms with E-state index in [0.717, 1.165) is 19.3 Å². The van der Waals surface area contributed by atoms with Crippen molar-refractivity contribution in [2.75, 3.05) is 0 Å². The number of nitro benzene ring substituents is 1. The molecule has 0 saturated heterocycles. The molecule has 1 heterocycles. The van der Waals surface area contributed by atoms with Gasteiger partial charge in [0.2, 0.25) is 0 Å². The van der Waals surface area contributed by atoms with Crippen molar-refractivity contribution < 1.29 is 9.72 Å². The van der Waals surface area contributed by atoms with Gasteiger partial charge in [-0.2, -0.15) is 5.10 Å². The standard InChI is InChI=1S/C19H24N4O3/c1-2-3-6-14-7-4-10-17(14)20-19(24)18-11-12-22(21-18)15-8-5-9-16(13-15)23(25)26/h5,8-9,11-14,17H,2-4,6-7,10H2,1H3,(H,20,24). The number of carbonyl (C=O) groups excluding carboxylic acids is 1. The summed E-state index contributed by atoms with van der Waals surface area (Å²) in [5, 5.41) is 18.3. The van der Waals surface area contributed by atoms with Crippen LogP contribution in [0.15, 0.2) is 36.5 Å². The molecule has 0 aliphatic heterocycles. The van der Waals surface area contributed by atoms with Crippen LogP contribution in [0.3, 0.4) is 0 Å². The van der Waals surface area contributed by atoms with Gasteiger partial charge in [-0.15, -0.1) is 0 Å². The van der Waals surface area contributed by atoms with E-state index in [1.807, 2.05) is 0 Å². The van der Waals surface area contributed by atoms with Gasteiger partial charge in [0.1, 0.15) is 0 Å². The summed E-state index contributed by atoms with van der Waals surface area (Å²) in [5.41, 5.74) is 0.881. The van der Waals surface area contributed by atoms with Gasteiger partial charge in [-0.25, -0.2) is 4.68 Å². The van der Waals surface area contributed by atoms with E-state index in [-0.39, 0.29) is 17.6 Å². The maximum absolute atomic E-state index is 12.5. The van der Waals surface area contributed by atoms with E-state index >= 15 is 0 Å². The Morgan fingerprint density at radius 3 is 3.00 bits per heavy atom. The molecule has 1 aromatic carbocycles. The van der Waals surface area contributed by atoms with E-state index in [9.17, 15) is 14.9 Å². The van der Waals surface area contributed by atoms with Gasteiger partial charge in [0, 0.05) is 24.4 Å². The summed E-state index contributed by atoms with van der Waals surface area (Å²) in [6, 6.07) is 8.05. The molecular weight excluding hydrogens is 332 g/mol. The Kier molecular flexibility index (Phi) is 5.65. The predicted octanol–water partition coefficient (Wildman–Crippen LogP) is 3.87. The van der Waals surface area contributed by atoms with Crippen LogP contribution in [0.2, 0.25) is 0 Å². The van der Waals surface area contributed by atoms with Gasteiger partial charge in [-0.1, -0.05) is 32.3 Å². The highest BCUT2D eigenvalue weighted by Gasteiger charge is 2.28. The van der Waals surface area contributed by atoms with Gasteiger partial charge in [0.15, 0.2) is 5.69 Å². The van der Waals surface area contributed by atoms with E-state index in [4.69, 9.17) is 0 Å². The van der Waals surface area contributed by atoms with Crippen LogP contribution in [-0.4, -0.2) is 26.7 Å². The van der Waals surface area contributed by atoms with Crippen LogP contribution < -0.4 is 5.32 Å². The summed E-state index contributed by atoms with van der Waals surface area (Å²) in [6.07, 6.45) is 8.52. The topological polar surface area (TPSA) is 90.1 Å². The van der Waals surface area contributed by atoms with Crippen molar-refractivity contribution in [1.29, 1.82) is 0 Å². The summed E-state index contributed by atoms with van der Waals surface area (Å²) in [5.74, 6) is 0.375. The zero-order valence-corrected chi connectivity index (χ0v) is 14.9. The fourth-order valence-electron chi connectivity index (χ4n) is 3.62. The molecule has 7 nitrogen and oxygen atoms in total. The second-order valence-corrected chi connectivity index (χ2v) is 6.84. The number of hydrogen-bond acceptors (Lipinski definition) is 4. The lowest BCUT2D eigenvalue weighted by molar-refractivity contribution is -0.384. The second-order valence-electron chi connectivity index (χ2n) is 6.84. The molecule has 1 fully saturated rings. The minimum Gasteiger partial charge on any atom is -0.348 e. The Hall–Kier alpha value is -2.70. The molecule has 2 atom stereocenters. The van der Waals surface area contributed by atoms with Crippen molar-refractivity contribution in [2.24, 2.45) is 5.92 Å². The number of carbonyl (C=O) groups is 1. The van der Waals surface area contributed by atoms with Gasteiger partial charge >= 0.3 is 0 Å². The van der Waals surface area contributed by atoms with Crippen LogP contribution in [0.4, 0.5) is 5.69 Å². The maximum atomic E-state index is 12.5. The van der Waals surface area contributed by atoms with Crippen LogP contribution in [-0.2, 0) is 0 Å². The lowest BCUT2D eigenvalue weighted by Crippen LogP contribution is -2.37. The zero-order valence-electron chi connectivity index (χ0n) is 14.9. The minimum atomic E-state index is -0.447. The quantitative estimate of drug-likeness (QED) is 0.602. The predicted molar refractivity (Wildman–Crippen MR) is 98.3 cm³/mol. The third-order valence-electron chi connectivity index (χ3n) is 5.03. The smallest absolute Gasteiger partial charge is 0.272 e. The van der Waals surface area contributed by atoms with E-state index in [1.165, 1.54) is 36.1 Å². The summed E-state index contributed by atoms with van der Waals surface area (Å²) in [4.78, 5) is 23.0. The molecule has 2 unspecified atom stereocenters. The van der Waals surface area contributed by atoms with Crippen LogP contribution in [0.25, 0.3) is 5.69 Å². The number of aromatic nitrogens is 2. The van der Waals surface area contributed by atoms with Crippen LogP contribution in [0.5, 0.6) is 0 Å². The van der Waals surface area contributed by atoms with E-state index < -0.39 is 4.92 Å². The van der Waals surface area contributed by atoms with Crippen molar-refractivity contribution in [3.05, 3.63) is 52.3 Å². The molecule has 0 bridgehead atoms. The molecule has 3 rings (SSSR count). The maximum Gasteiger partial charge on any atom is 0.272 e. The van der Waals surface area contributed by atoms with Crippen LogP contribution in [0, 0.1) is 16.0 Å². The fraction of sp³-hybridized carbons (Fsp3) is 0.474. The van der Waals surface area contributed by atoms with Gasteiger partial charge < -0.3 is 5.32 Å². The molecule has 1 saturated carbocycles.